The number of nitriles is 1. The molecule has 0 bridgehead atoms. The van der Waals surface area contributed by atoms with Crippen LogP contribution in [0.4, 0.5) is 10.1 Å². The van der Waals surface area contributed by atoms with Crippen LogP contribution in [-0.4, -0.2) is 5.71 Å². The normalized spacial score (nSPS) is 12.3. The van der Waals surface area contributed by atoms with E-state index < -0.39 is 5.82 Å². The second kappa shape index (κ2) is 7.97. The Bertz CT molecular complexity index is 795. The number of hydrogen-bond acceptors (Lipinski definition) is 5. The summed E-state index contributed by atoms with van der Waals surface area (Å²) >= 11 is 0. The number of hydrogen-bond donors (Lipinski definition) is 0. The zero-order chi connectivity index (χ0) is 17.5. The minimum Gasteiger partial charge on any atom is -0.357 e. The molecule has 122 valence electrons. The molecule has 0 aliphatic carbocycles. The van der Waals surface area contributed by atoms with Crippen molar-refractivity contribution >= 4 is 11.4 Å². The Morgan fingerprint density at radius 2 is 2.00 bits per heavy atom. The van der Waals surface area contributed by atoms with Gasteiger partial charge in [-0.25, -0.2) is 4.39 Å². The van der Waals surface area contributed by atoms with Gasteiger partial charge < -0.3 is 4.84 Å². The molecule has 6 heteroatoms. The highest BCUT2D eigenvalue weighted by molar-refractivity contribution is 6.01. The highest BCUT2D eigenvalue weighted by atomic mass is 19.1. The Hall–Kier alpha value is -3.07. The monoisotopic (exact) mass is 325 g/mol. The second-order valence-corrected chi connectivity index (χ2v) is 5.27. The van der Waals surface area contributed by atoms with Gasteiger partial charge in [0, 0.05) is 12.0 Å². The minimum atomic E-state index is -0.656. The average molecular weight is 325 g/mol. The number of halogens is 1. The predicted molar refractivity (Wildman–Crippen MR) is 89.6 cm³/mol. The van der Waals surface area contributed by atoms with Crippen molar-refractivity contribution in [3.05, 3.63) is 64.3 Å². The van der Waals surface area contributed by atoms with Crippen LogP contribution in [-0.2, 0) is 0 Å². The largest absolute Gasteiger partial charge is 0.357 e. The van der Waals surface area contributed by atoms with Crippen LogP contribution >= 0.6 is 0 Å². The van der Waals surface area contributed by atoms with E-state index in [4.69, 9.17) is 10.1 Å². The summed E-state index contributed by atoms with van der Waals surface area (Å²) < 4.78 is 13.6. The molecule has 0 heterocycles. The lowest BCUT2D eigenvalue weighted by Gasteiger charge is -2.13. The zero-order valence-corrected chi connectivity index (χ0v) is 13.4. The van der Waals surface area contributed by atoms with Crippen molar-refractivity contribution in [2.45, 2.75) is 20.3 Å². The molecule has 0 amide bonds. The van der Waals surface area contributed by atoms with E-state index in [1.54, 1.807) is 30.3 Å². The average Bonchev–Trinajstić information content (AvgIpc) is 2.62. The fraction of sp³-hybridized carbons (Fsp3) is 0.222. The van der Waals surface area contributed by atoms with E-state index in [2.05, 4.69) is 10.3 Å². The molecular formula is C18H16FN3O2. The van der Waals surface area contributed by atoms with Crippen LogP contribution in [0.15, 0.2) is 52.8 Å². The van der Waals surface area contributed by atoms with Gasteiger partial charge in [-0.15, -0.1) is 4.91 Å². The molecule has 5 nitrogen and oxygen atoms in total. The molecule has 24 heavy (non-hydrogen) atoms. The van der Waals surface area contributed by atoms with E-state index in [-0.39, 0.29) is 17.2 Å². The molecule has 2 aromatic rings. The molecule has 0 radical (unpaired) electrons. The summed E-state index contributed by atoms with van der Waals surface area (Å²) in [6.07, 6.45) is 0.831. The summed E-state index contributed by atoms with van der Waals surface area (Å²) in [5, 5.41) is 15.7. The zero-order valence-electron chi connectivity index (χ0n) is 13.4. The SMILES string of the molecule is CCC(C)/C(=N/Oc1ccc(C#N)c(F)c1)c1ccc(N=O)cc1. The molecule has 0 spiro atoms. The van der Waals surface area contributed by atoms with Crippen molar-refractivity contribution in [3.8, 4) is 11.8 Å². The standard InChI is InChI=1S/C18H16FN3O2/c1-3-12(2)18(13-4-7-15(21-23)8-5-13)22-24-16-9-6-14(11-20)17(19)10-16/h4-10,12H,3H2,1-2H3/b22-18-. The quantitative estimate of drug-likeness (QED) is 0.429. The van der Waals surface area contributed by atoms with E-state index in [1.807, 2.05) is 13.8 Å². The first kappa shape index (κ1) is 17.3. The summed E-state index contributed by atoms with van der Waals surface area (Å²) in [5.74, 6) is -0.349. The molecule has 0 aromatic heterocycles. The molecule has 0 saturated carbocycles. The van der Waals surface area contributed by atoms with Gasteiger partial charge in [-0.3, -0.25) is 0 Å². The van der Waals surface area contributed by atoms with Crippen LogP contribution < -0.4 is 4.84 Å². The molecule has 1 atom stereocenters. The van der Waals surface area contributed by atoms with E-state index in [1.165, 1.54) is 12.1 Å². The Balaban J connectivity index is 2.30. The third-order valence-electron chi connectivity index (χ3n) is 3.66. The Kier molecular flexibility index (Phi) is 5.74. The smallest absolute Gasteiger partial charge is 0.160 e. The van der Waals surface area contributed by atoms with E-state index in [0.717, 1.165) is 18.1 Å². The van der Waals surface area contributed by atoms with Gasteiger partial charge in [0.25, 0.3) is 0 Å². The first-order valence-electron chi connectivity index (χ1n) is 7.47. The minimum absolute atomic E-state index is 0.0505. The van der Waals surface area contributed by atoms with Crippen molar-refractivity contribution in [1.29, 1.82) is 5.26 Å². The summed E-state index contributed by atoms with van der Waals surface area (Å²) in [6.45, 7) is 4.01. The van der Waals surface area contributed by atoms with Gasteiger partial charge in [-0.2, -0.15) is 5.26 Å². The maximum Gasteiger partial charge on any atom is 0.160 e. The molecule has 2 rings (SSSR count). The van der Waals surface area contributed by atoms with Crippen LogP contribution in [0.1, 0.15) is 31.4 Å². The fourth-order valence-electron chi connectivity index (χ4n) is 2.06. The van der Waals surface area contributed by atoms with Gasteiger partial charge in [0.05, 0.1) is 11.3 Å². The van der Waals surface area contributed by atoms with Gasteiger partial charge in [-0.05, 0) is 41.4 Å². The fourth-order valence-corrected chi connectivity index (χ4v) is 2.06. The number of oxime groups is 1. The number of rotatable bonds is 6. The lowest BCUT2D eigenvalue weighted by atomic mass is 9.96. The predicted octanol–water partition coefficient (Wildman–Crippen LogP) is 4.92. The topological polar surface area (TPSA) is 74.8 Å². The Labute approximate surface area is 139 Å². The lowest BCUT2D eigenvalue weighted by molar-refractivity contribution is 0.335. The molecule has 2 aromatic carbocycles. The number of nitroso groups, excluding NO2 is 1. The van der Waals surface area contributed by atoms with Crippen LogP contribution in [0.3, 0.4) is 0 Å². The second-order valence-electron chi connectivity index (χ2n) is 5.27. The van der Waals surface area contributed by atoms with E-state index in [9.17, 15) is 9.30 Å². The van der Waals surface area contributed by atoms with Crippen LogP contribution in [0, 0.1) is 28.0 Å². The van der Waals surface area contributed by atoms with Crippen molar-refractivity contribution in [3.63, 3.8) is 0 Å². The molecule has 0 fully saturated rings. The van der Waals surface area contributed by atoms with Crippen LogP contribution in [0.25, 0.3) is 0 Å². The van der Waals surface area contributed by atoms with Gasteiger partial charge in [0.1, 0.15) is 17.6 Å². The number of nitrogens with zero attached hydrogens (tertiary/aromatic N) is 3. The maximum atomic E-state index is 13.6. The first-order chi connectivity index (χ1) is 11.6. The maximum absolute atomic E-state index is 13.6. The third-order valence-corrected chi connectivity index (χ3v) is 3.66. The van der Waals surface area contributed by atoms with Crippen molar-refractivity contribution in [2.75, 3.05) is 0 Å². The Morgan fingerprint density at radius 1 is 1.29 bits per heavy atom. The summed E-state index contributed by atoms with van der Waals surface area (Å²) in [6, 6.07) is 12.4. The molecule has 1 unspecified atom stereocenters. The van der Waals surface area contributed by atoms with E-state index >= 15 is 0 Å². The summed E-state index contributed by atoms with van der Waals surface area (Å²) in [7, 11) is 0. The highest BCUT2D eigenvalue weighted by Crippen LogP contribution is 2.20. The van der Waals surface area contributed by atoms with Gasteiger partial charge in [0.2, 0.25) is 0 Å². The van der Waals surface area contributed by atoms with Gasteiger partial charge in [0.15, 0.2) is 5.75 Å². The molecule has 0 aliphatic rings. The van der Waals surface area contributed by atoms with Crippen molar-refractivity contribution in [2.24, 2.45) is 16.3 Å². The molecule has 0 N–H and O–H groups in total. The lowest BCUT2D eigenvalue weighted by Crippen LogP contribution is -2.13. The van der Waals surface area contributed by atoms with Crippen molar-refractivity contribution < 1.29 is 9.23 Å². The van der Waals surface area contributed by atoms with Crippen LogP contribution in [0.5, 0.6) is 5.75 Å². The third kappa shape index (κ3) is 4.02. The summed E-state index contributed by atoms with van der Waals surface area (Å²) in [5.41, 5.74) is 1.76. The molecule has 0 aliphatic heterocycles. The van der Waals surface area contributed by atoms with Crippen LogP contribution in [0.2, 0.25) is 0 Å². The molecule has 0 saturated heterocycles. The Morgan fingerprint density at radius 3 is 2.54 bits per heavy atom. The van der Waals surface area contributed by atoms with Crippen molar-refractivity contribution in [1.82, 2.24) is 0 Å². The van der Waals surface area contributed by atoms with Gasteiger partial charge >= 0.3 is 0 Å². The molecular weight excluding hydrogens is 309 g/mol. The summed E-state index contributed by atoms with van der Waals surface area (Å²) in [4.78, 5) is 15.8. The first-order valence-corrected chi connectivity index (χ1v) is 7.47. The van der Waals surface area contributed by atoms with Gasteiger partial charge in [-0.1, -0.05) is 31.1 Å². The van der Waals surface area contributed by atoms with E-state index in [0.29, 0.717) is 11.4 Å². The highest BCUT2D eigenvalue weighted by Gasteiger charge is 2.13. The number of benzene rings is 2.